The number of anilines is 2. The lowest BCUT2D eigenvalue weighted by molar-refractivity contribution is 0.625. The lowest BCUT2D eigenvalue weighted by Gasteiger charge is -2.38. The Balaban J connectivity index is 1.51. The van der Waals surface area contributed by atoms with Crippen LogP contribution in [0.4, 0.5) is 11.6 Å². The minimum absolute atomic E-state index is 0.766. The van der Waals surface area contributed by atoms with Gasteiger partial charge in [0.25, 0.3) is 0 Å². The topological polar surface area (TPSA) is 60.5 Å². The third-order valence-electron chi connectivity index (χ3n) is 6.70. The highest BCUT2D eigenvalue weighted by atomic mass is 15.3. The van der Waals surface area contributed by atoms with E-state index in [4.69, 9.17) is 4.98 Å². The van der Waals surface area contributed by atoms with E-state index in [1.807, 2.05) is 30.5 Å². The van der Waals surface area contributed by atoms with Crippen molar-refractivity contribution >= 4 is 28.3 Å². The smallest absolute Gasteiger partial charge is 0.157 e. The van der Waals surface area contributed by atoms with Gasteiger partial charge in [0.1, 0.15) is 17.7 Å². The molecule has 154 valence electrons. The van der Waals surface area contributed by atoms with Gasteiger partial charge in [0.15, 0.2) is 5.65 Å². The molecule has 1 aromatic carbocycles. The number of rotatable bonds is 2. The van der Waals surface area contributed by atoms with Gasteiger partial charge in [-0.15, -0.1) is 0 Å². The van der Waals surface area contributed by atoms with E-state index in [0.717, 1.165) is 73.5 Å². The molecule has 1 aliphatic carbocycles. The molecule has 4 heterocycles. The van der Waals surface area contributed by atoms with E-state index in [1.54, 1.807) is 0 Å². The number of nitrogens with zero attached hydrogens (tertiary/aromatic N) is 6. The highest BCUT2D eigenvalue weighted by Gasteiger charge is 2.29. The van der Waals surface area contributed by atoms with E-state index >= 15 is 0 Å². The first-order chi connectivity index (χ1) is 15.3. The van der Waals surface area contributed by atoms with Gasteiger partial charge < -0.3 is 9.80 Å². The predicted octanol–water partition coefficient (Wildman–Crippen LogP) is 3.96. The summed E-state index contributed by atoms with van der Waals surface area (Å²) in [7, 11) is 0. The molecule has 1 saturated heterocycles. The van der Waals surface area contributed by atoms with E-state index in [9.17, 15) is 5.26 Å². The van der Waals surface area contributed by atoms with Gasteiger partial charge in [-0.1, -0.05) is 18.2 Å². The van der Waals surface area contributed by atoms with Gasteiger partial charge in [0.2, 0.25) is 0 Å². The SMILES string of the molecule is N#Cc1c2c(c(N3CCN(c4ccccn4)CC3)n3c1nc1ccccc13)CCCC2. The number of pyridine rings is 2. The van der Waals surface area contributed by atoms with Gasteiger partial charge in [-0.2, -0.15) is 5.26 Å². The number of imidazole rings is 1. The maximum absolute atomic E-state index is 10.0. The Bertz CT molecular complexity index is 1310. The Kier molecular flexibility index (Phi) is 4.27. The van der Waals surface area contributed by atoms with Crippen LogP contribution in [0.25, 0.3) is 16.7 Å². The number of hydrogen-bond acceptors (Lipinski definition) is 5. The molecule has 0 atom stereocenters. The van der Waals surface area contributed by atoms with Crippen molar-refractivity contribution in [3.05, 3.63) is 65.4 Å². The summed E-state index contributed by atoms with van der Waals surface area (Å²) in [6.07, 6.45) is 6.18. The number of aromatic nitrogens is 3. The van der Waals surface area contributed by atoms with Gasteiger partial charge in [-0.05, 0) is 61.1 Å². The highest BCUT2D eigenvalue weighted by molar-refractivity contribution is 5.86. The summed E-state index contributed by atoms with van der Waals surface area (Å²) in [4.78, 5) is 14.3. The third-order valence-corrected chi connectivity index (χ3v) is 6.70. The minimum Gasteiger partial charge on any atom is -0.354 e. The number of benzene rings is 1. The molecule has 0 bridgehead atoms. The van der Waals surface area contributed by atoms with Crippen molar-refractivity contribution in [1.82, 2.24) is 14.4 Å². The highest BCUT2D eigenvalue weighted by Crippen LogP contribution is 2.37. The summed E-state index contributed by atoms with van der Waals surface area (Å²) >= 11 is 0. The molecule has 0 amide bonds. The van der Waals surface area contributed by atoms with Crippen LogP contribution >= 0.6 is 0 Å². The minimum atomic E-state index is 0.766. The Morgan fingerprint density at radius 1 is 0.839 bits per heavy atom. The average molecular weight is 409 g/mol. The lowest BCUT2D eigenvalue weighted by atomic mass is 9.88. The molecule has 1 fully saturated rings. The van der Waals surface area contributed by atoms with Crippen LogP contribution in [0, 0.1) is 11.3 Å². The maximum atomic E-state index is 10.0. The van der Waals surface area contributed by atoms with Gasteiger partial charge >= 0.3 is 0 Å². The lowest BCUT2D eigenvalue weighted by Crippen LogP contribution is -2.47. The van der Waals surface area contributed by atoms with Crippen molar-refractivity contribution in [1.29, 1.82) is 5.26 Å². The second kappa shape index (κ2) is 7.28. The number of para-hydroxylation sites is 2. The molecule has 31 heavy (non-hydrogen) atoms. The number of fused-ring (bicyclic) bond motifs is 4. The number of piperazine rings is 1. The van der Waals surface area contributed by atoms with Crippen molar-refractivity contribution in [3.63, 3.8) is 0 Å². The van der Waals surface area contributed by atoms with E-state index in [1.165, 1.54) is 23.4 Å². The van der Waals surface area contributed by atoms with E-state index in [-0.39, 0.29) is 0 Å². The standard InChI is InChI=1S/C25H24N6/c26-17-20-18-7-1-2-8-19(18)25(31-22-10-4-3-9-21(22)28-24(20)31)30-15-13-29(14-16-30)23-11-5-6-12-27-23/h3-6,9-12H,1-2,7-8,13-16H2. The molecule has 0 unspecified atom stereocenters. The Morgan fingerprint density at radius 3 is 2.35 bits per heavy atom. The molecular formula is C25H24N6. The van der Waals surface area contributed by atoms with Crippen molar-refractivity contribution in [3.8, 4) is 6.07 Å². The normalized spacial score (nSPS) is 16.5. The molecule has 6 nitrogen and oxygen atoms in total. The van der Waals surface area contributed by atoms with Gasteiger partial charge in [0.05, 0.1) is 16.6 Å². The third kappa shape index (κ3) is 2.84. The van der Waals surface area contributed by atoms with Crippen LogP contribution < -0.4 is 9.80 Å². The molecule has 0 saturated carbocycles. The fourth-order valence-electron chi connectivity index (χ4n) is 5.24. The molecule has 6 heteroatoms. The molecule has 4 aromatic rings. The first kappa shape index (κ1) is 18.2. The first-order valence-corrected chi connectivity index (χ1v) is 11.1. The number of hydrogen-bond donors (Lipinski definition) is 0. The van der Waals surface area contributed by atoms with Crippen LogP contribution in [0.1, 0.15) is 29.5 Å². The average Bonchev–Trinajstić information content (AvgIpc) is 3.22. The largest absolute Gasteiger partial charge is 0.354 e. The molecule has 0 spiro atoms. The Labute approximate surface area is 181 Å². The van der Waals surface area contributed by atoms with Crippen molar-refractivity contribution in [2.45, 2.75) is 25.7 Å². The van der Waals surface area contributed by atoms with Crippen LogP contribution in [0.3, 0.4) is 0 Å². The van der Waals surface area contributed by atoms with Crippen molar-refractivity contribution < 1.29 is 0 Å². The summed E-state index contributed by atoms with van der Waals surface area (Å²) < 4.78 is 2.26. The quantitative estimate of drug-likeness (QED) is 0.502. The molecule has 2 aliphatic rings. The van der Waals surface area contributed by atoms with Gasteiger partial charge in [-0.25, -0.2) is 9.97 Å². The van der Waals surface area contributed by atoms with Gasteiger partial charge in [-0.3, -0.25) is 4.40 Å². The zero-order valence-electron chi connectivity index (χ0n) is 17.5. The number of nitriles is 1. The fourth-order valence-corrected chi connectivity index (χ4v) is 5.24. The summed E-state index contributed by atoms with van der Waals surface area (Å²) in [5.41, 5.74) is 6.19. The summed E-state index contributed by atoms with van der Waals surface area (Å²) in [5, 5.41) is 10.0. The fraction of sp³-hybridized carbons (Fsp3) is 0.320. The van der Waals surface area contributed by atoms with Crippen LogP contribution in [-0.4, -0.2) is 40.5 Å². The first-order valence-electron chi connectivity index (χ1n) is 11.1. The second-order valence-electron chi connectivity index (χ2n) is 8.40. The second-order valence-corrected chi connectivity index (χ2v) is 8.40. The summed E-state index contributed by atoms with van der Waals surface area (Å²) in [6.45, 7) is 3.72. The monoisotopic (exact) mass is 408 g/mol. The molecule has 6 rings (SSSR count). The molecule has 0 radical (unpaired) electrons. The molecule has 0 N–H and O–H groups in total. The van der Waals surface area contributed by atoms with Gasteiger partial charge in [0, 0.05) is 32.4 Å². The Hall–Kier alpha value is -3.59. The maximum Gasteiger partial charge on any atom is 0.157 e. The zero-order chi connectivity index (χ0) is 20.8. The molecule has 3 aromatic heterocycles. The molecular weight excluding hydrogens is 384 g/mol. The molecule has 1 aliphatic heterocycles. The van der Waals surface area contributed by atoms with Crippen molar-refractivity contribution in [2.75, 3.05) is 36.0 Å². The Morgan fingerprint density at radius 2 is 1.58 bits per heavy atom. The zero-order valence-corrected chi connectivity index (χ0v) is 17.5. The predicted molar refractivity (Wildman–Crippen MR) is 123 cm³/mol. The van der Waals surface area contributed by atoms with E-state index in [2.05, 4.69) is 43.5 Å². The summed E-state index contributed by atoms with van der Waals surface area (Å²) in [6, 6.07) is 16.8. The van der Waals surface area contributed by atoms with Crippen LogP contribution in [-0.2, 0) is 12.8 Å². The van der Waals surface area contributed by atoms with Crippen LogP contribution in [0.5, 0.6) is 0 Å². The summed E-state index contributed by atoms with van der Waals surface area (Å²) in [5.74, 6) is 2.29. The van der Waals surface area contributed by atoms with Crippen LogP contribution in [0.15, 0.2) is 48.7 Å². The van der Waals surface area contributed by atoms with Crippen molar-refractivity contribution in [2.24, 2.45) is 0 Å². The van der Waals surface area contributed by atoms with Crippen LogP contribution in [0.2, 0.25) is 0 Å². The van der Waals surface area contributed by atoms with E-state index < -0.39 is 0 Å². The van der Waals surface area contributed by atoms with E-state index in [0.29, 0.717) is 0 Å².